The quantitative estimate of drug-likeness (QED) is 0.843. The van der Waals surface area contributed by atoms with Crippen LogP contribution in [0.3, 0.4) is 0 Å². The van der Waals surface area contributed by atoms with Gasteiger partial charge in [0, 0.05) is 15.9 Å². The minimum Gasteiger partial charge on any atom is -0.465 e. The van der Waals surface area contributed by atoms with Crippen molar-refractivity contribution in [1.29, 1.82) is 0 Å². The topological polar surface area (TPSA) is 55.4 Å². The molecule has 0 saturated carbocycles. The molecule has 4 nitrogen and oxygen atoms in total. The molecule has 0 fully saturated rings. The van der Waals surface area contributed by atoms with Gasteiger partial charge in [-0.1, -0.05) is 51.1 Å². The largest absolute Gasteiger partial charge is 0.465 e. The van der Waals surface area contributed by atoms with E-state index in [0.29, 0.717) is 10.6 Å². The molecule has 1 aromatic carbocycles. The standard InChI is InChI=1S/C18H21NO3S/c1-11-13(12-9-7-6-8-10-12)14(16(20)22-5)15(23-11)19-17(21)18(2,3)4/h6-10H,1-5H3,(H,19,21). The van der Waals surface area contributed by atoms with Crippen molar-refractivity contribution < 1.29 is 14.3 Å². The van der Waals surface area contributed by atoms with E-state index in [4.69, 9.17) is 4.74 Å². The van der Waals surface area contributed by atoms with Crippen molar-refractivity contribution in [1.82, 2.24) is 0 Å². The molecule has 1 amide bonds. The van der Waals surface area contributed by atoms with Gasteiger partial charge in [-0.3, -0.25) is 4.79 Å². The maximum absolute atomic E-state index is 12.3. The molecule has 2 rings (SSSR count). The summed E-state index contributed by atoms with van der Waals surface area (Å²) in [5.74, 6) is -0.582. The van der Waals surface area contributed by atoms with Gasteiger partial charge in [0.25, 0.3) is 0 Å². The number of ether oxygens (including phenoxy) is 1. The highest BCUT2D eigenvalue weighted by atomic mass is 32.1. The normalized spacial score (nSPS) is 11.2. The van der Waals surface area contributed by atoms with Crippen LogP contribution in [0.4, 0.5) is 5.00 Å². The van der Waals surface area contributed by atoms with Gasteiger partial charge < -0.3 is 10.1 Å². The lowest BCUT2D eigenvalue weighted by atomic mass is 9.95. The van der Waals surface area contributed by atoms with Gasteiger partial charge in [0.05, 0.1) is 7.11 Å². The van der Waals surface area contributed by atoms with Crippen molar-refractivity contribution in [2.45, 2.75) is 27.7 Å². The molecule has 122 valence electrons. The van der Waals surface area contributed by atoms with Crippen molar-refractivity contribution in [3.8, 4) is 11.1 Å². The first kappa shape index (κ1) is 17.2. The number of amides is 1. The van der Waals surface area contributed by atoms with Crippen LogP contribution >= 0.6 is 11.3 Å². The highest BCUT2D eigenvalue weighted by Gasteiger charge is 2.28. The molecule has 0 spiro atoms. The van der Waals surface area contributed by atoms with E-state index in [1.807, 2.05) is 58.0 Å². The maximum atomic E-state index is 12.3. The number of carbonyl (C=O) groups excluding carboxylic acids is 2. The summed E-state index contributed by atoms with van der Waals surface area (Å²) in [7, 11) is 1.35. The second kappa shape index (κ2) is 6.54. The number of esters is 1. The van der Waals surface area contributed by atoms with E-state index in [1.165, 1.54) is 18.4 Å². The third-order valence-corrected chi connectivity index (χ3v) is 4.47. The molecule has 23 heavy (non-hydrogen) atoms. The zero-order valence-corrected chi connectivity index (χ0v) is 14.8. The zero-order valence-electron chi connectivity index (χ0n) is 14.0. The third-order valence-electron chi connectivity index (χ3n) is 3.44. The molecule has 0 unspecified atom stereocenters. The molecule has 1 aromatic heterocycles. The Hall–Kier alpha value is -2.14. The number of hydrogen-bond donors (Lipinski definition) is 1. The minimum atomic E-state index is -0.543. The average Bonchev–Trinajstić information content (AvgIpc) is 2.82. The number of methoxy groups -OCH3 is 1. The molecule has 2 aromatic rings. The highest BCUT2D eigenvalue weighted by Crippen LogP contribution is 2.40. The molecular weight excluding hydrogens is 310 g/mol. The number of hydrogen-bond acceptors (Lipinski definition) is 4. The molecule has 0 aliphatic rings. The molecule has 0 atom stereocenters. The Morgan fingerprint density at radius 2 is 1.74 bits per heavy atom. The van der Waals surface area contributed by atoms with Crippen molar-refractivity contribution in [3.63, 3.8) is 0 Å². The van der Waals surface area contributed by atoms with Crippen LogP contribution < -0.4 is 5.32 Å². The van der Waals surface area contributed by atoms with Gasteiger partial charge in [-0.25, -0.2) is 4.79 Å². The van der Waals surface area contributed by atoms with E-state index in [9.17, 15) is 9.59 Å². The fourth-order valence-corrected chi connectivity index (χ4v) is 3.23. The fourth-order valence-electron chi connectivity index (χ4n) is 2.17. The Kier molecular flexibility index (Phi) is 4.90. The smallest absolute Gasteiger partial charge is 0.341 e. The van der Waals surface area contributed by atoms with Gasteiger partial charge >= 0.3 is 5.97 Å². The summed E-state index contributed by atoms with van der Waals surface area (Å²) >= 11 is 1.39. The van der Waals surface area contributed by atoms with Crippen LogP contribution in [-0.4, -0.2) is 19.0 Å². The number of thiophene rings is 1. The lowest BCUT2D eigenvalue weighted by molar-refractivity contribution is -0.123. The monoisotopic (exact) mass is 331 g/mol. The summed E-state index contributed by atoms with van der Waals surface area (Å²) < 4.78 is 4.94. The van der Waals surface area contributed by atoms with E-state index < -0.39 is 11.4 Å². The molecule has 0 aliphatic carbocycles. The molecule has 1 N–H and O–H groups in total. The van der Waals surface area contributed by atoms with Crippen LogP contribution in [0.25, 0.3) is 11.1 Å². The summed E-state index contributed by atoms with van der Waals surface area (Å²) in [5, 5.41) is 3.41. The average molecular weight is 331 g/mol. The lowest BCUT2D eigenvalue weighted by Crippen LogP contribution is -2.28. The van der Waals surface area contributed by atoms with E-state index in [2.05, 4.69) is 5.32 Å². The third kappa shape index (κ3) is 3.62. The SMILES string of the molecule is COC(=O)c1c(NC(=O)C(C)(C)C)sc(C)c1-c1ccccc1. The molecule has 5 heteroatoms. The van der Waals surface area contributed by atoms with E-state index in [0.717, 1.165) is 16.0 Å². The highest BCUT2D eigenvalue weighted by molar-refractivity contribution is 7.17. The minimum absolute atomic E-state index is 0.136. The molecule has 0 saturated heterocycles. The predicted octanol–water partition coefficient (Wildman–Crippen LogP) is 4.49. The van der Waals surface area contributed by atoms with Crippen LogP contribution in [0.15, 0.2) is 30.3 Å². The van der Waals surface area contributed by atoms with Crippen LogP contribution in [-0.2, 0) is 9.53 Å². The van der Waals surface area contributed by atoms with E-state index in [1.54, 1.807) is 0 Å². The summed E-state index contributed by atoms with van der Waals surface area (Å²) in [4.78, 5) is 25.6. The molecule has 0 bridgehead atoms. The Morgan fingerprint density at radius 1 is 1.13 bits per heavy atom. The Labute approximate surface area is 140 Å². The van der Waals surface area contributed by atoms with Gasteiger partial charge in [-0.05, 0) is 12.5 Å². The van der Waals surface area contributed by atoms with Crippen LogP contribution in [0.5, 0.6) is 0 Å². The summed E-state index contributed by atoms with van der Waals surface area (Å²) in [5.41, 5.74) is 1.61. The summed E-state index contributed by atoms with van der Waals surface area (Å²) in [6, 6.07) is 9.64. The van der Waals surface area contributed by atoms with Crippen molar-refractivity contribution in [2.75, 3.05) is 12.4 Å². The Bertz CT molecular complexity index is 727. The predicted molar refractivity (Wildman–Crippen MR) is 93.9 cm³/mol. The Balaban J connectivity index is 2.57. The number of anilines is 1. The second-order valence-electron chi connectivity index (χ2n) is 6.30. The summed E-state index contributed by atoms with van der Waals surface area (Å²) in [6.07, 6.45) is 0. The molecule has 0 radical (unpaired) electrons. The van der Waals surface area contributed by atoms with Crippen molar-refractivity contribution >= 4 is 28.2 Å². The van der Waals surface area contributed by atoms with Gasteiger partial charge in [-0.2, -0.15) is 0 Å². The zero-order chi connectivity index (χ0) is 17.2. The van der Waals surface area contributed by atoms with Crippen LogP contribution in [0, 0.1) is 12.3 Å². The first-order valence-corrected chi connectivity index (χ1v) is 8.16. The molecule has 1 heterocycles. The Morgan fingerprint density at radius 3 is 2.26 bits per heavy atom. The number of carbonyl (C=O) groups is 2. The fraction of sp³-hybridized carbons (Fsp3) is 0.333. The lowest BCUT2D eigenvalue weighted by Gasteiger charge is -2.17. The van der Waals surface area contributed by atoms with Gasteiger partial charge in [0.1, 0.15) is 10.6 Å². The van der Waals surface area contributed by atoms with Gasteiger partial charge in [-0.15, -0.1) is 11.3 Å². The van der Waals surface area contributed by atoms with Crippen LogP contribution in [0.2, 0.25) is 0 Å². The number of benzene rings is 1. The molecule has 0 aliphatic heterocycles. The van der Waals surface area contributed by atoms with E-state index in [-0.39, 0.29) is 5.91 Å². The molecular formula is C18H21NO3S. The second-order valence-corrected chi connectivity index (χ2v) is 7.52. The van der Waals surface area contributed by atoms with Gasteiger partial charge in [0.2, 0.25) is 5.91 Å². The van der Waals surface area contributed by atoms with Crippen molar-refractivity contribution in [2.24, 2.45) is 5.41 Å². The van der Waals surface area contributed by atoms with E-state index >= 15 is 0 Å². The van der Waals surface area contributed by atoms with Crippen molar-refractivity contribution in [3.05, 3.63) is 40.8 Å². The van der Waals surface area contributed by atoms with Crippen LogP contribution in [0.1, 0.15) is 36.0 Å². The van der Waals surface area contributed by atoms with Gasteiger partial charge in [0.15, 0.2) is 0 Å². The first-order valence-electron chi connectivity index (χ1n) is 7.34. The number of aryl methyl sites for hydroxylation is 1. The maximum Gasteiger partial charge on any atom is 0.341 e. The first-order chi connectivity index (χ1) is 10.8. The number of rotatable bonds is 3. The summed E-state index contributed by atoms with van der Waals surface area (Å²) in [6.45, 7) is 7.43. The number of nitrogens with one attached hydrogen (secondary N) is 1.